The second kappa shape index (κ2) is 9.79. The number of benzene rings is 1. The summed E-state index contributed by atoms with van der Waals surface area (Å²) in [7, 11) is 0. The van der Waals surface area contributed by atoms with Crippen molar-refractivity contribution in [2.24, 2.45) is 0 Å². The van der Waals surface area contributed by atoms with Crippen LogP contribution in [-0.2, 0) is 4.79 Å². The molecule has 0 fully saturated rings. The number of unbranched alkanes of at least 4 members (excludes halogenated alkanes) is 4. The molecule has 0 bridgehead atoms. The lowest BCUT2D eigenvalue weighted by Crippen LogP contribution is -2.05. The normalized spacial score (nSPS) is 10.4. The van der Waals surface area contributed by atoms with Crippen LogP contribution in [0.3, 0.4) is 0 Å². The molecule has 1 rings (SSSR count). The number of hydrogen-bond donors (Lipinski definition) is 0. The van der Waals surface area contributed by atoms with E-state index in [4.69, 9.17) is 0 Å². The molecule has 0 aliphatic rings. The number of rotatable bonds is 9. The molecular formula is C16H22O2S. The van der Waals surface area contributed by atoms with Crippen molar-refractivity contribution in [1.29, 1.82) is 0 Å². The van der Waals surface area contributed by atoms with Crippen LogP contribution in [0.4, 0.5) is 0 Å². The second-order valence-corrected chi connectivity index (χ2v) is 5.65. The van der Waals surface area contributed by atoms with E-state index in [9.17, 15) is 9.59 Å². The first-order valence-electron chi connectivity index (χ1n) is 6.98. The average molecular weight is 278 g/mol. The maximum atomic E-state index is 11.8. The van der Waals surface area contributed by atoms with Crippen LogP contribution >= 0.6 is 11.8 Å². The van der Waals surface area contributed by atoms with Gasteiger partial charge in [0.05, 0.1) is 5.75 Å². The number of hydrogen-bond acceptors (Lipinski definition) is 3. The summed E-state index contributed by atoms with van der Waals surface area (Å²) in [5.74, 6) is 0.294. The Hall–Kier alpha value is -1.09. The van der Waals surface area contributed by atoms with Gasteiger partial charge in [0.2, 0.25) is 0 Å². The first kappa shape index (κ1) is 16.0. The van der Waals surface area contributed by atoms with E-state index in [0.717, 1.165) is 24.6 Å². The molecule has 19 heavy (non-hydrogen) atoms. The van der Waals surface area contributed by atoms with E-state index in [0.29, 0.717) is 12.0 Å². The van der Waals surface area contributed by atoms with Crippen molar-refractivity contribution in [2.45, 2.75) is 45.4 Å². The van der Waals surface area contributed by atoms with Crippen molar-refractivity contribution in [2.75, 3.05) is 5.75 Å². The van der Waals surface area contributed by atoms with Crippen LogP contribution < -0.4 is 0 Å². The maximum Gasteiger partial charge on any atom is 0.189 e. The summed E-state index contributed by atoms with van der Waals surface area (Å²) in [6.45, 7) is 2.18. The molecule has 0 amide bonds. The van der Waals surface area contributed by atoms with Gasteiger partial charge in [0, 0.05) is 12.0 Å². The van der Waals surface area contributed by atoms with Gasteiger partial charge in [-0.3, -0.25) is 9.59 Å². The van der Waals surface area contributed by atoms with E-state index in [-0.39, 0.29) is 16.7 Å². The van der Waals surface area contributed by atoms with Gasteiger partial charge in [0.25, 0.3) is 0 Å². The molecule has 0 aliphatic heterocycles. The predicted molar refractivity (Wildman–Crippen MR) is 81.6 cm³/mol. The second-order valence-electron chi connectivity index (χ2n) is 4.61. The van der Waals surface area contributed by atoms with Crippen LogP contribution in [0.1, 0.15) is 55.8 Å². The summed E-state index contributed by atoms with van der Waals surface area (Å²) in [6.07, 6.45) is 6.33. The molecule has 0 heterocycles. The van der Waals surface area contributed by atoms with Crippen LogP contribution in [0, 0.1) is 0 Å². The number of ketones is 1. The lowest BCUT2D eigenvalue weighted by molar-refractivity contribution is -0.111. The lowest BCUT2D eigenvalue weighted by Gasteiger charge is -2.01. The minimum atomic E-state index is 0.0323. The van der Waals surface area contributed by atoms with Gasteiger partial charge in [-0.25, -0.2) is 0 Å². The van der Waals surface area contributed by atoms with Crippen molar-refractivity contribution in [3.8, 4) is 0 Å². The molecule has 0 aromatic heterocycles. The van der Waals surface area contributed by atoms with E-state index >= 15 is 0 Å². The summed E-state index contributed by atoms with van der Waals surface area (Å²) >= 11 is 1.15. The van der Waals surface area contributed by atoms with E-state index < -0.39 is 0 Å². The summed E-state index contributed by atoms with van der Waals surface area (Å²) in [4.78, 5) is 23.4. The maximum absolute atomic E-state index is 11.8. The third-order valence-corrected chi connectivity index (χ3v) is 3.88. The van der Waals surface area contributed by atoms with Gasteiger partial charge in [0.1, 0.15) is 0 Å². The number of carbonyl (C=O) groups excluding carboxylic acids is 2. The largest absolute Gasteiger partial charge is 0.293 e. The minimum absolute atomic E-state index is 0.0323. The molecule has 1 aromatic rings. The Morgan fingerprint density at radius 3 is 2.37 bits per heavy atom. The highest BCUT2D eigenvalue weighted by Gasteiger charge is 2.09. The van der Waals surface area contributed by atoms with E-state index in [1.165, 1.54) is 19.3 Å². The fraction of sp³-hybridized carbons (Fsp3) is 0.500. The van der Waals surface area contributed by atoms with Crippen LogP contribution in [0.25, 0.3) is 0 Å². The number of thioether (sulfide) groups is 1. The molecule has 0 atom stereocenters. The standard InChI is InChI=1S/C16H22O2S/c1-2-3-4-5-9-12-16(18)19-13-15(17)14-10-7-6-8-11-14/h6-8,10-11H,2-5,9,12-13H2,1H3. The molecule has 0 spiro atoms. The van der Waals surface area contributed by atoms with E-state index in [1.807, 2.05) is 18.2 Å². The topological polar surface area (TPSA) is 34.1 Å². The van der Waals surface area contributed by atoms with Crippen molar-refractivity contribution in [1.82, 2.24) is 0 Å². The van der Waals surface area contributed by atoms with Gasteiger partial charge >= 0.3 is 0 Å². The molecule has 0 N–H and O–H groups in total. The molecule has 0 saturated heterocycles. The van der Waals surface area contributed by atoms with Crippen LogP contribution in [-0.4, -0.2) is 16.7 Å². The van der Waals surface area contributed by atoms with E-state index in [1.54, 1.807) is 12.1 Å². The van der Waals surface area contributed by atoms with Gasteiger partial charge in [-0.05, 0) is 6.42 Å². The summed E-state index contributed by atoms with van der Waals surface area (Å²) in [5, 5.41) is 0.140. The zero-order valence-electron chi connectivity index (χ0n) is 11.6. The Kier molecular flexibility index (Phi) is 8.23. The SMILES string of the molecule is CCCCCCCC(=O)SCC(=O)c1ccccc1. The van der Waals surface area contributed by atoms with Crippen molar-refractivity contribution >= 4 is 22.7 Å². The molecule has 3 heteroatoms. The third kappa shape index (κ3) is 7.16. The fourth-order valence-corrected chi connectivity index (χ4v) is 2.55. The number of carbonyl (C=O) groups is 2. The molecule has 104 valence electrons. The highest BCUT2D eigenvalue weighted by Crippen LogP contribution is 2.13. The monoisotopic (exact) mass is 278 g/mol. The zero-order valence-corrected chi connectivity index (χ0v) is 12.4. The highest BCUT2D eigenvalue weighted by atomic mass is 32.2. The smallest absolute Gasteiger partial charge is 0.189 e. The van der Waals surface area contributed by atoms with Crippen molar-refractivity contribution in [3.63, 3.8) is 0 Å². The van der Waals surface area contributed by atoms with Gasteiger partial charge in [-0.15, -0.1) is 0 Å². The summed E-state index contributed by atoms with van der Waals surface area (Å²) in [6, 6.07) is 9.14. The average Bonchev–Trinajstić information content (AvgIpc) is 2.45. The van der Waals surface area contributed by atoms with Crippen LogP contribution in [0.5, 0.6) is 0 Å². The Morgan fingerprint density at radius 1 is 1.00 bits per heavy atom. The Morgan fingerprint density at radius 2 is 1.68 bits per heavy atom. The molecule has 1 aromatic carbocycles. The molecule has 0 unspecified atom stereocenters. The lowest BCUT2D eigenvalue weighted by atomic mass is 10.1. The number of Topliss-reactive ketones (excluding diaryl/α,β-unsaturated/α-hetero) is 1. The molecule has 0 aliphatic carbocycles. The summed E-state index contributed by atoms with van der Waals surface area (Å²) in [5.41, 5.74) is 0.686. The Bertz CT molecular complexity index is 387. The predicted octanol–water partition coefficient (Wildman–Crippen LogP) is 4.49. The first-order chi connectivity index (χ1) is 9.24. The van der Waals surface area contributed by atoms with E-state index in [2.05, 4.69) is 6.92 Å². The molecular weight excluding hydrogens is 256 g/mol. The Balaban J connectivity index is 2.15. The quantitative estimate of drug-likeness (QED) is 0.493. The van der Waals surface area contributed by atoms with Gasteiger partial charge in [-0.1, -0.05) is 74.7 Å². The zero-order chi connectivity index (χ0) is 13.9. The Labute approximate surface area is 120 Å². The van der Waals surface area contributed by atoms with Crippen LogP contribution in [0.15, 0.2) is 30.3 Å². The third-order valence-electron chi connectivity index (χ3n) is 2.94. The molecule has 0 saturated carbocycles. The molecule has 2 nitrogen and oxygen atoms in total. The first-order valence-corrected chi connectivity index (χ1v) is 7.96. The van der Waals surface area contributed by atoms with Gasteiger partial charge < -0.3 is 0 Å². The fourth-order valence-electron chi connectivity index (χ4n) is 1.80. The van der Waals surface area contributed by atoms with Crippen LogP contribution in [0.2, 0.25) is 0 Å². The minimum Gasteiger partial charge on any atom is -0.293 e. The van der Waals surface area contributed by atoms with Gasteiger partial charge in [0.15, 0.2) is 10.9 Å². The molecule has 0 radical (unpaired) electrons. The van der Waals surface area contributed by atoms with Crippen molar-refractivity contribution < 1.29 is 9.59 Å². The van der Waals surface area contributed by atoms with Crippen molar-refractivity contribution in [3.05, 3.63) is 35.9 Å². The highest BCUT2D eigenvalue weighted by molar-refractivity contribution is 8.14. The summed E-state index contributed by atoms with van der Waals surface area (Å²) < 4.78 is 0. The van der Waals surface area contributed by atoms with Gasteiger partial charge in [-0.2, -0.15) is 0 Å².